The van der Waals surface area contributed by atoms with Gasteiger partial charge in [-0.2, -0.15) is 0 Å². The maximum absolute atomic E-state index is 13.3. The molecule has 1 fully saturated rings. The van der Waals surface area contributed by atoms with Crippen molar-refractivity contribution in [2.24, 2.45) is 0 Å². The lowest BCUT2D eigenvalue weighted by molar-refractivity contribution is -0.133. The van der Waals surface area contributed by atoms with Crippen LogP contribution in [-0.2, 0) is 16.1 Å². The number of carbonyl (C=O) groups is 3. The molecule has 2 aliphatic heterocycles. The van der Waals surface area contributed by atoms with Crippen LogP contribution in [0.4, 0.5) is 0 Å². The van der Waals surface area contributed by atoms with Crippen LogP contribution in [0.3, 0.4) is 0 Å². The minimum absolute atomic E-state index is 0.0194. The molecule has 3 aromatic carbocycles. The molecule has 3 amide bonds. The van der Waals surface area contributed by atoms with E-state index < -0.39 is 0 Å². The molecule has 1 unspecified atom stereocenters. The number of imide groups is 1. The van der Waals surface area contributed by atoms with Crippen LogP contribution in [0.5, 0.6) is 5.75 Å². The van der Waals surface area contributed by atoms with Crippen molar-refractivity contribution in [2.75, 3.05) is 26.8 Å². The van der Waals surface area contributed by atoms with Crippen LogP contribution in [0.25, 0.3) is 10.8 Å². The lowest BCUT2D eigenvalue weighted by Crippen LogP contribution is -2.41. The van der Waals surface area contributed by atoms with Crippen LogP contribution in [-0.4, -0.2) is 60.4 Å². The second kappa shape index (κ2) is 10.5. The van der Waals surface area contributed by atoms with Crippen LogP contribution in [0.15, 0.2) is 60.7 Å². The molecule has 1 atom stereocenters. The van der Waals surface area contributed by atoms with Crippen molar-refractivity contribution in [2.45, 2.75) is 38.3 Å². The molecule has 7 heteroatoms. The average molecular weight is 487 g/mol. The summed E-state index contributed by atoms with van der Waals surface area (Å²) in [6, 6.07) is 18.7. The van der Waals surface area contributed by atoms with Gasteiger partial charge in [-0.25, -0.2) is 0 Å². The third kappa shape index (κ3) is 4.71. The van der Waals surface area contributed by atoms with Gasteiger partial charge in [0.15, 0.2) is 0 Å². The molecule has 0 N–H and O–H groups in total. The first-order valence-corrected chi connectivity index (χ1v) is 12.5. The Bertz CT molecular complexity index is 1250. The van der Waals surface area contributed by atoms with E-state index in [1.807, 2.05) is 53.4 Å². The number of amides is 3. The number of benzene rings is 3. The summed E-state index contributed by atoms with van der Waals surface area (Å²) in [6.07, 6.45) is 2.56. The smallest absolute Gasteiger partial charge is 0.261 e. The number of ether oxygens (including phenoxy) is 2. The second-order valence-electron chi connectivity index (χ2n) is 9.30. The van der Waals surface area contributed by atoms with Gasteiger partial charge in [0, 0.05) is 54.7 Å². The van der Waals surface area contributed by atoms with E-state index in [0.717, 1.165) is 36.1 Å². The summed E-state index contributed by atoms with van der Waals surface area (Å²) >= 11 is 0. The minimum atomic E-state index is -0.304. The molecule has 0 bridgehead atoms. The molecule has 7 nitrogen and oxygen atoms in total. The molecular formula is C29H30N2O5. The highest BCUT2D eigenvalue weighted by atomic mass is 16.5. The molecule has 0 aliphatic carbocycles. The van der Waals surface area contributed by atoms with E-state index in [2.05, 4.69) is 0 Å². The molecule has 36 heavy (non-hydrogen) atoms. The maximum Gasteiger partial charge on any atom is 0.261 e. The number of nitrogens with zero attached hydrogens (tertiary/aromatic N) is 2. The predicted molar refractivity (Wildman–Crippen MR) is 136 cm³/mol. The van der Waals surface area contributed by atoms with Crippen molar-refractivity contribution in [1.29, 1.82) is 0 Å². The van der Waals surface area contributed by atoms with Gasteiger partial charge in [-0.1, -0.05) is 42.5 Å². The van der Waals surface area contributed by atoms with Gasteiger partial charge in [0.05, 0.1) is 13.2 Å². The molecule has 0 radical (unpaired) electrons. The standard InChI is InChI=1S/C29H30N2O5/c1-35-25-14-3-2-8-21(25)18-30(19-22-11-7-17-36-22)26(32)15-6-16-31-28(33)23-12-4-9-20-10-5-13-24(27(20)23)29(31)34/h2-5,8-10,12-14,22H,6-7,11,15-19H2,1H3. The quantitative estimate of drug-likeness (QED) is 0.418. The van der Waals surface area contributed by atoms with Crippen LogP contribution in [0.1, 0.15) is 52.0 Å². The highest BCUT2D eigenvalue weighted by molar-refractivity contribution is 6.25. The minimum Gasteiger partial charge on any atom is -0.496 e. The van der Waals surface area contributed by atoms with Gasteiger partial charge >= 0.3 is 0 Å². The fraction of sp³-hybridized carbons (Fsp3) is 0.345. The third-order valence-electron chi connectivity index (χ3n) is 6.98. The molecule has 186 valence electrons. The van der Waals surface area contributed by atoms with Gasteiger partial charge < -0.3 is 14.4 Å². The number of hydrogen-bond donors (Lipinski definition) is 0. The van der Waals surface area contributed by atoms with Crippen molar-refractivity contribution < 1.29 is 23.9 Å². The fourth-order valence-electron chi connectivity index (χ4n) is 5.16. The van der Waals surface area contributed by atoms with Crippen molar-refractivity contribution in [3.63, 3.8) is 0 Å². The van der Waals surface area contributed by atoms with Crippen LogP contribution < -0.4 is 4.74 Å². The zero-order valence-corrected chi connectivity index (χ0v) is 20.4. The molecule has 0 saturated carbocycles. The lowest BCUT2D eigenvalue weighted by Gasteiger charge is -2.28. The van der Waals surface area contributed by atoms with Crippen molar-refractivity contribution in [3.8, 4) is 5.75 Å². The van der Waals surface area contributed by atoms with E-state index in [1.54, 1.807) is 19.2 Å². The van der Waals surface area contributed by atoms with Crippen molar-refractivity contribution in [1.82, 2.24) is 9.80 Å². The Kier molecular flexibility index (Phi) is 7.00. The largest absolute Gasteiger partial charge is 0.496 e. The SMILES string of the molecule is COc1ccccc1CN(CC1CCCO1)C(=O)CCCN1C(=O)c2cccc3cccc(c23)C1=O. The maximum atomic E-state index is 13.3. The van der Waals surface area contributed by atoms with E-state index in [4.69, 9.17) is 9.47 Å². The van der Waals surface area contributed by atoms with E-state index in [0.29, 0.717) is 36.0 Å². The van der Waals surface area contributed by atoms with Crippen LogP contribution in [0, 0.1) is 0 Å². The predicted octanol–water partition coefficient (Wildman–Crippen LogP) is 4.43. The van der Waals surface area contributed by atoms with Crippen molar-refractivity contribution >= 4 is 28.5 Å². The second-order valence-corrected chi connectivity index (χ2v) is 9.30. The summed E-state index contributed by atoms with van der Waals surface area (Å²) in [5.74, 6) is 0.0970. The topological polar surface area (TPSA) is 76.2 Å². The first kappa shape index (κ1) is 24.0. The molecule has 0 spiro atoms. The van der Waals surface area contributed by atoms with Crippen molar-refractivity contribution in [3.05, 3.63) is 77.4 Å². The van der Waals surface area contributed by atoms with Gasteiger partial charge in [-0.05, 0) is 42.8 Å². The van der Waals surface area contributed by atoms with E-state index in [9.17, 15) is 14.4 Å². The molecule has 1 saturated heterocycles. The summed E-state index contributed by atoms with van der Waals surface area (Å²) in [5.41, 5.74) is 1.99. The van der Waals surface area contributed by atoms with Gasteiger partial charge in [0.1, 0.15) is 5.75 Å². The Morgan fingerprint density at radius 3 is 2.42 bits per heavy atom. The zero-order valence-electron chi connectivity index (χ0n) is 20.4. The summed E-state index contributed by atoms with van der Waals surface area (Å²) in [7, 11) is 1.62. The van der Waals surface area contributed by atoms with Gasteiger partial charge in [-0.3, -0.25) is 19.3 Å². The highest BCUT2D eigenvalue weighted by Crippen LogP contribution is 2.30. The molecule has 5 rings (SSSR count). The Labute approximate surface area is 210 Å². The summed E-state index contributed by atoms with van der Waals surface area (Å²) in [5, 5.41) is 1.59. The first-order chi connectivity index (χ1) is 17.6. The number of para-hydroxylation sites is 1. The molecule has 3 aromatic rings. The molecule has 0 aromatic heterocycles. The number of rotatable bonds is 9. The summed E-state index contributed by atoms with van der Waals surface area (Å²) in [6.45, 7) is 1.83. The zero-order chi connectivity index (χ0) is 25.1. The molecule has 2 heterocycles. The number of hydrogen-bond acceptors (Lipinski definition) is 5. The Balaban J connectivity index is 1.27. The van der Waals surface area contributed by atoms with E-state index >= 15 is 0 Å². The first-order valence-electron chi connectivity index (χ1n) is 12.5. The van der Waals surface area contributed by atoms with E-state index in [-0.39, 0.29) is 36.8 Å². The summed E-state index contributed by atoms with van der Waals surface area (Å²) < 4.78 is 11.3. The van der Waals surface area contributed by atoms with Crippen LogP contribution in [0.2, 0.25) is 0 Å². The lowest BCUT2D eigenvalue weighted by atomic mass is 9.94. The Morgan fingerprint density at radius 2 is 1.75 bits per heavy atom. The number of carbonyl (C=O) groups excluding carboxylic acids is 3. The van der Waals surface area contributed by atoms with Gasteiger partial charge in [-0.15, -0.1) is 0 Å². The average Bonchev–Trinajstić information content (AvgIpc) is 3.42. The van der Waals surface area contributed by atoms with Crippen LogP contribution >= 0.6 is 0 Å². The monoisotopic (exact) mass is 486 g/mol. The fourth-order valence-corrected chi connectivity index (χ4v) is 5.16. The number of methoxy groups -OCH3 is 1. The van der Waals surface area contributed by atoms with E-state index in [1.165, 1.54) is 4.90 Å². The molecule has 2 aliphatic rings. The molecular weight excluding hydrogens is 456 g/mol. The Morgan fingerprint density at radius 1 is 1.03 bits per heavy atom. The Hall–Kier alpha value is -3.71. The summed E-state index contributed by atoms with van der Waals surface area (Å²) in [4.78, 5) is 42.7. The third-order valence-corrected chi connectivity index (χ3v) is 6.98. The highest BCUT2D eigenvalue weighted by Gasteiger charge is 2.32. The van der Waals surface area contributed by atoms with Gasteiger partial charge in [0.2, 0.25) is 5.91 Å². The normalized spacial score (nSPS) is 17.0. The van der Waals surface area contributed by atoms with Gasteiger partial charge in [0.25, 0.3) is 11.8 Å².